The van der Waals surface area contributed by atoms with Gasteiger partial charge in [-0.05, 0) is 18.2 Å². The van der Waals surface area contributed by atoms with Gasteiger partial charge in [0.2, 0.25) is 0 Å². The molecule has 1 heterocycles. The smallest absolute Gasteiger partial charge is 0.159 e. The van der Waals surface area contributed by atoms with Gasteiger partial charge in [-0.2, -0.15) is 5.26 Å². The lowest BCUT2D eigenvalue weighted by Gasteiger charge is -2.01. The SMILES string of the molecule is N#CCc1ccnc(-c2ccc(Br)cc2)n1. The summed E-state index contributed by atoms with van der Waals surface area (Å²) in [5.41, 5.74) is 1.69. The summed E-state index contributed by atoms with van der Waals surface area (Å²) in [5.74, 6) is 0.653. The second-order valence-corrected chi connectivity index (χ2v) is 4.13. The molecule has 1 aromatic heterocycles. The van der Waals surface area contributed by atoms with Crippen molar-refractivity contribution in [1.82, 2.24) is 9.97 Å². The molecule has 0 saturated heterocycles. The molecule has 2 rings (SSSR count). The predicted octanol–water partition coefficient (Wildman–Crippen LogP) is 2.97. The zero-order chi connectivity index (χ0) is 11.4. The van der Waals surface area contributed by atoms with Gasteiger partial charge in [0.05, 0.1) is 18.2 Å². The first-order valence-corrected chi connectivity index (χ1v) is 5.54. The van der Waals surface area contributed by atoms with E-state index < -0.39 is 0 Å². The largest absolute Gasteiger partial charge is 0.237 e. The summed E-state index contributed by atoms with van der Waals surface area (Å²) in [7, 11) is 0. The molecular formula is C12H8BrN3. The van der Waals surface area contributed by atoms with Crippen molar-refractivity contribution in [2.24, 2.45) is 0 Å². The van der Waals surface area contributed by atoms with Crippen LogP contribution in [0.3, 0.4) is 0 Å². The van der Waals surface area contributed by atoms with Crippen LogP contribution >= 0.6 is 15.9 Å². The summed E-state index contributed by atoms with van der Waals surface area (Å²) < 4.78 is 1.02. The van der Waals surface area contributed by atoms with E-state index in [9.17, 15) is 0 Å². The van der Waals surface area contributed by atoms with Crippen LogP contribution in [0.15, 0.2) is 41.0 Å². The van der Waals surface area contributed by atoms with Gasteiger partial charge >= 0.3 is 0 Å². The lowest BCUT2D eigenvalue weighted by Crippen LogP contribution is -1.93. The van der Waals surface area contributed by atoms with Gasteiger partial charge in [-0.1, -0.05) is 28.1 Å². The quantitative estimate of drug-likeness (QED) is 0.845. The van der Waals surface area contributed by atoms with Crippen molar-refractivity contribution in [3.05, 3.63) is 46.7 Å². The van der Waals surface area contributed by atoms with Crippen LogP contribution in [0.1, 0.15) is 5.69 Å². The maximum atomic E-state index is 8.60. The number of aromatic nitrogens is 2. The number of halogens is 1. The Morgan fingerprint density at radius 1 is 1.19 bits per heavy atom. The number of hydrogen-bond donors (Lipinski definition) is 0. The van der Waals surface area contributed by atoms with Crippen molar-refractivity contribution in [2.45, 2.75) is 6.42 Å². The molecule has 0 atom stereocenters. The maximum Gasteiger partial charge on any atom is 0.159 e. The van der Waals surface area contributed by atoms with Crippen LogP contribution in [-0.4, -0.2) is 9.97 Å². The fraction of sp³-hybridized carbons (Fsp3) is 0.0833. The van der Waals surface area contributed by atoms with Gasteiger partial charge in [0.25, 0.3) is 0 Å². The number of nitriles is 1. The Morgan fingerprint density at radius 3 is 2.62 bits per heavy atom. The van der Waals surface area contributed by atoms with Crippen LogP contribution in [0.4, 0.5) is 0 Å². The third kappa shape index (κ3) is 2.44. The van der Waals surface area contributed by atoms with Crippen molar-refractivity contribution < 1.29 is 0 Å². The molecule has 0 bridgehead atoms. The molecule has 0 amide bonds. The molecule has 0 unspecified atom stereocenters. The molecule has 0 fully saturated rings. The fourth-order valence-electron chi connectivity index (χ4n) is 1.31. The first-order valence-electron chi connectivity index (χ1n) is 4.74. The molecule has 0 aliphatic heterocycles. The fourth-order valence-corrected chi connectivity index (χ4v) is 1.58. The van der Waals surface area contributed by atoms with Crippen molar-refractivity contribution in [3.8, 4) is 17.5 Å². The van der Waals surface area contributed by atoms with Gasteiger partial charge < -0.3 is 0 Å². The highest BCUT2D eigenvalue weighted by Gasteiger charge is 2.02. The average Bonchev–Trinajstić information content (AvgIpc) is 2.31. The van der Waals surface area contributed by atoms with E-state index in [2.05, 4.69) is 32.0 Å². The minimum atomic E-state index is 0.312. The standard InChI is InChI=1S/C12H8BrN3/c13-10-3-1-9(2-4-10)12-15-8-6-11(16-12)5-7-14/h1-4,6,8H,5H2. The Bertz CT molecular complexity index is 529. The molecule has 0 saturated carbocycles. The van der Waals surface area contributed by atoms with Crippen LogP contribution in [0, 0.1) is 11.3 Å². The number of rotatable bonds is 2. The molecule has 0 spiro atoms. The highest BCUT2D eigenvalue weighted by molar-refractivity contribution is 9.10. The molecule has 1 aromatic carbocycles. The van der Waals surface area contributed by atoms with E-state index in [4.69, 9.17) is 5.26 Å². The third-order valence-electron chi connectivity index (χ3n) is 2.08. The Hall–Kier alpha value is -1.73. The van der Waals surface area contributed by atoms with Crippen LogP contribution in [0.25, 0.3) is 11.4 Å². The zero-order valence-electron chi connectivity index (χ0n) is 8.39. The maximum absolute atomic E-state index is 8.60. The second kappa shape index (κ2) is 4.86. The van der Waals surface area contributed by atoms with Crippen LogP contribution < -0.4 is 0 Å². The van der Waals surface area contributed by atoms with Crippen molar-refractivity contribution in [3.63, 3.8) is 0 Å². The van der Waals surface area contributed by atoms with E-state index >= 15 is 0 Å². The summed E-state index contributed by atoms with van der Waals surface area (Å²) in [6.07, 6.45) is 1.99. The molecule has 0 aliphatic rings. The summed E-state index contributed by atoms with van der Waals surface area (Å²) >= 11 is 3.37. The molecule has 0 N–H and O–H groups in total. The predicted molar refractivity (Wildman–Crippen MR) is 64.5 cm³/mol. The zero-order valence-corrected chi connectivity index (χ0v) is 9.98. The molecule has 3 nitrogen and oxygen atoms in total. The molecule has 0 radical (unpaired) electrons. The van der Waals surface area contributed by atoms with Crippen LogP contribution in [-0.2, 0) is 6.42 Å². The topological polar surface area (TPSA) is 49.6 Å². The van der Waals surface area contributed by atoms with E-state index in [0.717, 1.165) is 15.7 Å². The molecule has 4 heteroatoms. The first kappa shape index (κ1) is 10.8. The lowest BCUT2D eigenvalue weighted by molar-refractivity contribution is 1.06. The minimum absolute atomic E-state index is 0.312. The van der Waals surface area contributed by atoms with Crippen molar-refractivity contribution in [1.29, 1.82) is 5.26 Å². The van der Waals surface area contributed by atoms with E-state index in [0.29, 0.717) is 12.2 Å². The van der Waals surface area contributed by atoms with Gasteiger partial charge in [-0.15, -0.1) is 0 Å². The number of benzene rings is 1. The highest BCUT2D eigenvalue weighted by atomic mass is 79.9. The Labute approximate surface area is 102 Å². The molecule has 78 valence electrons. The number of hydrogen-bond acceptors (Lipinski definition) is 3. The summed E-state index contributed by atoms with van der Waals surface area (Å²) in [4.78, 5) is 8.50. The van der Waals surface area contributed by atoms with Gasteiger partial charge in [-0.25, -0.2) is 9.97 Å². The van der Waals surface area contributed by atoms with E-state index in [1.54, 1.807) is 12.3 Å². The normalized spacial score (nSPS) is 9.75. The highest BCUT2D eigenvalue weighted by Crippen LogP contribution is 2.18. The van der Waals surface area contributed by atoms with Gasteiger partial charge in [-0.3, -0.25) is 0 Å². The molecular weight excluding hydrogens is 266 g/mol. The summed E-state index contributed by atoms with van der Waals surface area (Å²) in [5, 5.41) is 8.60. The first-order chi connectivity index (χ1) is 7.79. The van der Waals surface area contributed by atoms with E-state index in [1.807, 2.05) is 24.3 Å². The van der Waals surface area contributed by atoms with Crippen LogP contribution in [0.2, 0.25) is 0 Å². The molecule has 16 heavy (non-hydrogen) atoms. The summed E-state index contributed by atoms with van der Waals surface area (Å²) in [6.45, 7) is 0. The Morgan fingerprint density at radius 2 is 1.94 bits per heavy atom. The van der Waals surface area contributed by atoms with Gasteiger partial charge in [0, 0.05) is 16.2 Å². The molecule has 2 aromatic rings. The van der Waals surface area contributed by atoms with Crippen molar-refractivity contribution in [2.75, 3.05) is 0 Å². The van der Waals surface area contributed by atoms with E-state index in [1.165, 1.54) is 0 Å². The second-order valence-electron chi connectivity index (χ2n) is 3.21. The van der Waals surface area contributed by atoms with Gasteiger partial charge in [0.15, 0.2) is 5.82 Å². The third-order valence-corrected chi connectivity index (χ3v) is 2.60. The molecule has 0 aliphatic carbocycles. The summed E-state index contributed by atoms with van der Waals surface area (Å²) in [6, 6.07) is 11.6. The Balaban J connectivity index is 2.37. The lowest BCUT2D eigenvalue weighted by atomic mass is 10.2. The number of nitrogens with zero attached hydrogens (tertiary/aromatic N) is 3. The average molecular weight is 274 g/mol. The Kier molecular flexibility index (Phi) is 3.28. The van der Waals surface area contributed by atoms with Crippen LogP contribution in [0.5, 0.6) is 0 Å². The van der Waals surface area contributed by atoms with E-state index in [-0.39, 0.29) is 0 Å². The van der Waals surface area contributed by atoms with Gasteiger partial charge in [0.1, 0.15) is 0 Å². The monoisotopic (exact) mass is 273 g/mol. The minimum Gasteiger partial charge on any atom is -0.237 e. The van der Waals surface area contributed by atoms with Crippen molar-refractivity contribution >= 4 is 15.9 Å².